The molecule has 0 bridgehead atoms. The van der Waals surface area contributed by atoms with Crippen molar-refractivity contribution in [3.8, 4) is 0 Å². The summed E-state index contributed by atoms with van der Waals surface area (Å²) in [6.07, 6.45) is 4.40. The largest absolute Gasteiger partial charge is 0.444 e. The van der Waals surface area contributed by atoms with Gasteiger partial charge in [-0.2, -0.15) is 0 Å². The first-order valence-electron chi connectivity index (χ1n) is 7.98. The quantitative estimate of drug-likeness (QED) is 0.823. The minimum absolute atomic E-state index is 0.0242. The topological polar surface area (TPSA) is 58.2 Å². The molecule has 5 nitrogen and oxygen atoms in total. The minimum Gasteiger partial charge on any atom is -0.444 e. The van der Waals surface area contributed by atoms with Gasteiger partial charge < -0.3 is 9.72 Å². The summed E-state index contributed by atoms with van der Waals surface area (Å²) in [6, 6.07) is 3.75. The first-order chi connectivity index (χ1) is 10.8. The van der Waals surface area contributed by atoms with Crippen LogP contribution in [0.5, 0.6) is 0 Å². The highest BCUT2D eigenvalue weighted by molar-refractivity contribution is 6.35. The number of likely N-dealkylation sites (tertiary alicyclic amines) is 1. The van der Waals surface area contributed by atoms with Crippen LogP contribution >= 0.6 is 11.6 Å². The number of hydrogen-bond donors (Lipinski definition) is 1. The van der Waals surface area contributed by atoms with Crippen molar-refractivity contribution in [2.45, 2.75) is 51.7 Å². The molecule has 1 atom stereocenters. The molecule has 3 rings (SSSR count). The van der Waals surface area contributed by atoms with Gasteiger partial charge >= 0.3 is 6.09 Å². The van der Waals surface area contributed by atoms with E-state index in [9.17, 15) is 4.79 Å². The third kappa shape index (κ3) is 3.44. The fourth-order valence-electron chi connectivity index (χ4n) is 2.99. The average Bonchev–Trinajstić information content (AvgIpc) is 2.91. The van der Waals surface area contributed by atoms with Crippen LogP contribution in [0.15, 0.2) is 18.3 Å². The standard InChI is InChI=1S/C17H22ClN3O2/c1-17(2,3)23-16(22)21-9-5-4-6-14(21)13-10-11-12(18)7-8-19-15(11)20-13/h7-8,10,14H,4-6,9H2,1-3H3,(H,19,20). The lowest BCUT2D eigenvalue weighted by Crippen LogP contribution is -2.42. The lowest BCUT2D eigenvalue weighted by atomic mass is 10.00. The van der Waals surface area contributed by atoms with Crippen molar-refractivity contribution >= 4 is 28.7 Å². The van der Waals surface area contributed by atoms with Gasteiger partial charge in [0, 0.05) is 23.8 Å². The second-order valence-corrected chi connectivity index (χ2v) is 7.37. The highest BCUT2D eigenvalue weighted by Gasteiger charge is 2.32. The first-order valence-corrected chi connectivity index (χ1v) is 8.36. The molecule has 23 heavy (non-hydrogen) atoms. The number of piperidine rings is 1. The summed E-state index contributed by atoms with van der Waals surface area (Å²) in [7, 11) is 0. The number of carbonyl (C=O) groups excluding carboxylic acids is 1. The molecule has 0 radical (unpaired) electrons. The number of ether oxygens (including phenoxy) is 1. The normalized spacial score (nSPS) is 19.1. The van der Waals surface area contributed by atoms with Gasteiger partial charge in [-0.25, -0.2) is 9.78 Å². The molecule has 0 aromatic carbocycles. The SMILES string of the molecule is CC(C)(C)OC(=O)N1CCCCC1c1cc2c(Cl)ccnc2[nH]1. The van der Waals surface area contributed by atoms with Crippen molar-refractivity contribution in [1.82, 2.24) is 14.9 Å². The number of H-pyrrole nitrogens is 1. The Morgan fingerprint density at radius 2 is 2.22 bits per heavy atom. The molecule has 1 unspecified atom stereocenters. The molecule has 2 aromatic heterocycles. The third-order valence-electron chi connectivity index (χ3n) is 3.99. The van der Waals surface area contributed by atoms with Crippen molar-refractivity contribution < 1.29 is 9.53 Å². The number of amides is 1. The Kier molecular flexibility index (Phi) is 4.23. The predicted molar refractivity (Wildman–Crippen MR) is 90.6 cm³/mol. The van der Waals surface area contributed by atoms with Crippen molar-refractivity contribution in [3.63, 3.8) is 0 Å². The molecule has 1 aliphatic heterocycles. The number of nitrogens with one attached hydrogen (secondary N) is 1. The maximum Gasteiger partial charge on any atom is 0.410 e. The van der Waals surface area contributed by atoms with Gasteiger partial charge in [0.05, 0.1) is 11.1 Å². The van der Waals surface area contributed by atoms with Crippen LogP contribution in [-0.2, 0) is 4.74 Å². The Bertz CT molecular complexity index is 720. The highest BCUT2D eigenvalue weighted by atomic mass is 35.5. The Hall–Kier alpha value is -1.75. The van der Waals surface area contributed by atoms with Gasteiger partial charge in [-0.3, -0.25) is 4.90 Å². The number of hydrogen-bond acceptors (Lipinski definition) is 3. The number of fused-ring (bicyclic) bond motifs is 1. The summed E-state index contributed by atoms with van der Waals surface area (Å²) < 4.78 is 5.56. The summed E-state index contributed by atoms with van der Waals surface area (Å²) in [5.41, 5.74) is 1.22. The van der Waals surface area contributed by atoms with Crippen LogP contribution in [0.2, 0.25) is 5.02 Å². The summed E-state index contributed by atoms with van der Waals surface area (Å²) in [5, 5.41) is 1.55. The van der Waals surface area contributed by atoms with Gasteiger partial charge in [-0.05, 0) is 52.2 Å². The smallest absolute Gasteiger partial charge is 0.410 e. The van der Waals surface area contributed by atoms with E-state index in [0.29, 0.717) is 11.6 Å². The number of aromatic nitrogens is 2. The molecular weight excluding hydrogens is 314 g/mol. The Balaban J connectivity index is 1.91. The van der Waals surface area contributed by atoms with Crippen LogP contribution in [0.1, 0.15) is 51.8 Å². The fraction of sp³-hybridized carbons (Fsp3) is 0.529. The molecule has 1 N–H and O–H groups in total. The molecule has 124 valence electrons. The molecule has 3 heterocycles. The molecule has 1 fully saturated rings. The zero-order valence-electron chi connectivity index (χ0n) is 13.7. The van der Waals surface area contributed by atoms with Gasteiger partial charge in [-0.15, -0.1) is 0 Å². The van der Waals surface area contributed by atoms with Crippen molar-refractivity contribution in [2.24, 2.45) is 0 Å². The van der Waals surface area contributed by atoms with Crippen molar-refractivity contribution in [1.29, 1.82) is 0 Å². The van der Waals surface area contributed by atoms with E-state index >= 15 is 0 Å². The van der Waals surface area contributed by atoms with E-state index in [-0.39, 0.29) is 12.1 Å². The Morgan fingerprint density at radius 1 is 1.43 bits per heavy atom. The number of halogens is 1. The van der Waals surface area contributed by atoms with Crippen LogP contribution < -0.4 is 0 Å². The summed E-state index contributed by atoms with van der Waals surface area (Å²) in [6.45, 7) is 6.36. The van der Waals surface area contributed by atoms with E-state index in [2.05, 4.69) is 9.97 Å². The van der Waals surface area contributed by atoms with Crippen LogP contribution in [-0.4, -0.2) is 33.1 Å². The van der Waals surface area contributed by atoms with Crippen LogP contribution in [0.4, 0.5) is 4.79 Å². The van der Waals surface area contributed by atoms with Gasteiger partial charge in [0.15, 0.2) is 0 Å². The second-order valence-electron chi connectivity index (χ2n) is 6.97. The summed E-state index contributed by atoms with van der Waals surface area (Å²) >= 11 is 6.23. The van der Waals surface area contributed by atoms with Gasteiger partial charge in [0.25, 0.3) is 0 Å². The lowest BCUT2D eigenvalue weighted by Gasteiger charge is -2.36. The highest BCUT2D eigenvalue weighted by Crippen LogP contribution is 2.34. The molecule has 0 saturated carbocycles. The number of carbonyl (C=O) groups is 1. The number of nitrogens with zero attached hydrogens (tertiary/aromatic N) is 2. The van der Waals surface area contributed by atoms with Crippen molar-refractivity contribution in [3.05, 3.63) is 29.0 Å². The van der Waals surface area contributed by atoms with Crippen LogP contribution in [0, 0.1) is 0 Å². The number of rotatable bonds is 1. The number of aromatic amines is 1. The molecule has 0 spiro atoms. The average molecular weight is 336 g/mol. The van der Waals surface area contributed by atoms with Crippen molar-refractivity contribution in [2.75, 3.05) is 6.54 Å². The summed E-state index contributed by atoms with van der Waals surface area (Å²) in [4.78, 5) is 22.0. The second kappa shape index (κ2) is 6.04. The fourth-order valence-corrected chi connectivity index (χ4v) is 3.19. The summed E-state index contributed by atoms with van der Waals surface area (Å²) in [5.74, 6) is 0. The van der Waals surface area contributed by atoms with E-state index < -0.39 is 5.60 Å². The monoisotopic (exact) mass is 335 g/mol. The molecule has 0 aliphatic carbocycles. The number of pyridine rings is 1. The molecule has 6 heteroatoms. The zero-order valence-corrected chi connectivity index (χ0v) is 14.5. The molecule has 1 aliphatic rings. The first kappa shape index (κ1) is 16.1. The molecule has 1 amide bonds. The maximum atomic E-state index is 12.5. The Labute approximate surface area is 141 Å². The van der Waals surface area contributed by atoms with Crippen LogP contribution in [0.3, 0.4) is 0 Å². The van der Waals surface area contributed by atoms with Crippen LogP contribution in [0.25, 0.3) is 11.0 Å². The maximum absolute atomic E-state index is 12.5. The minimum atomic E-state index is -0.496. The van der Waals surface area contributed by atoms with E-state index in [1.54, 1.807) is 12.3 Å². The predicted octanol–water partition coefficient (Wildman–Crippen LogP) is 4.68. The Morgan fingerprint density at radius 3 is 2.91 bits per heavy atom. The zero-order chi connectivity index (χ0) is 16.6. The van der Waals surface area contributed by atoms with E-state index in [1.807, 2.05) is 31.7 Å². The van der Waals surface area contributed by atoms with E-state index in [0.717, 1.165) is 36.0 Å². The van der Waals surface area contributed by atoms with Gasteiger partial charge in [0.1, 0.15) is 11.2 Å². The van der Waals surface area contributed by atoms with E-state index in [1.165, 1.54) is 0 Å². The molecule has 1 saturated heterocycles. The molecule has 2 aromatic rings. The third-order valence-corrected chi connectivity index (χ3v) is 4.32. The lowest BCUT2D eigenvalue weighted by molar-refractivity contribution is 0.00908. The van der Waals surface area contributed by atoms with Gasteiger partial charge in [0.2, 0.25) is 0 Å². The molecular formula is C17H22ClN3O2. The van der Waals surface area contributed by atoms with E-state index in [4.69, 9.17) is 16.3 Å². The van der Waals surface area contributed by atoms with Gasteiger partial charge in [-0.1, -0.05) is 11.6 Å².